The van der Waals surface area contributed by atoms with Crippen molar-refractivity contribution in [3.05, 3.63) is 23.9 Å². The van der Waals surface area contributed by atoms with E-state index in [1.807, 2.05) is 12.1 Å². The van der Waals surface area contributed by atoms with Gasteiger partial charge in [0.25, 0.3) is 0 Å². The summed E-state index contributed by atoms with van der Waals surface area (Å²) in [5.74, 6) is 0.701. The molecule has 0 aliphatic carbocycles. The van der Waals surface area contributed by atoms with Gasteiger partial charge in [-0.1, -0.05) is 6.07 Å². The second-order valence-electron chi connectivity index (χ2n) is 4.00. The highest BCUT2D eigenvalue weighted by molar-refractivity contribution is 5.17. The molecule has 15 heavy (non-hydrogen) atoms. The van der Waals surface area contributed by atoms with E-state index in [0.29, 0.717) is 12.4 Å². The van der Waals surface area contributed by atoms with Crippen LogP contribution in [0.15, 0.2) is 18.3 Å². The standard InChI is InChI=1S/C11H17N3O/c1-14-5-4-10(8-14)15-11-3-2-9(6-12)7-13-11/h2-3,7,10H,4-6,8,12H2,1H3/t10-/m1/s1. The minimum atomic E-state index is 0.284. The first kappa shape index (κ1) is 10.4. The predicted octanol–water partition coefficient (Wildman–Crippen LogP) is 0.623. The lowest BCUT2D eigenvalue weighted by atomic mass is 10.3. The Morgan fingerprint density at radius 2 is 2.47 bits per heavy atom. The molecule has 4 heteroatoms. The molecule has 0 aromatic carbocycles. The van der Waals surface area contributed by atoms with E-state index in [1.54, 1.807) is 6.20 Å². The quantitative estimate of drug-likeness (QED) is 0.789. The lowest BCUT2D eigenvalue weighted by Crippen LogP contribution is -2.21. The number of likely N-dealkylation sites (tertiary alicyclic amines) is 1. The molecular formula is C11H17N3O. The van der Waals surface area contributed by atoms with Gasteiger partial charge >= 0.3 is 0 Å². The van der Waals surface area contributed by atoms with E-state index in [4.69, 9.17) is 10.5 Å². The van der Waals surface area contributed by atoms with Crippen molar-refractivity contribution in [1.82, 2.24) is 9.88 Å². The Bertz CT molecular complexity index is 312. The van der Waals surface area contributed by atoms with Crippen LogP contribution in [0.5, 0.6) is 5.88 Å². The van der Waals surface area contributed by atoms with E-state index in [-0.39, 0.29) is 6.10 Å². The maximum absolute atomic E-state index is 5.75. The molecule has 0 amide bonds. The third-order valence-corrected chi connectivity index (χ3v) is 2.67. The number of likely N-dealkylation sites (N-methyl/N-ethyl adjacent to an activating group) is 1. The van der Waals surface area contributed by atoms with Crippen molar-refractivity contribution < 1.29 is 4.74 Å². The molecule has 0 unspecified atom stereocenters. The Morgan fingerprint density at radius 3 is 3.00 bits per heavy atom. The van der Waals surface area contributed by atoms with Crippen molar-refractivity contribution in [3.8, 4) is 5.88 Å². The fraction of sp³-hybridized carbons (Fsp3) is 0.545. The SMILES string of the molecule is CN1CC[C@@H](Oc2ccc(CN)cn2)C1. The smallest absolute Gasteiger partial charge is 0.213 e. The molecule has 0 spiro atoms. The van der Waals surface area contributed by atoms with Crippen LogP contribution in [0.3, 0.4) is 0 Å². The van der Waals surface area contributed by atoms with Crippen molar-refractivity contribution in [3.63, 3.8) is 0 Å². The van der Waals surface area contributed by atoms with E-state index in [1.165, 1.54) is 0 Å². The number of hydrogen-bond acceptors (Lipinski definition) is 4. The van der Waals surface area contributed by atoms with Crippen molar-refractivity contribution in [1.29, 1.82) is 0 Å². The molecule has 2 N–H and O–H groups in total. The molecule has 1 aliphatic rings. The van der Waals surface area contributed by atoms with Gasteiger partial charge in [-0.25, -0.2) is 4.98 Å². The van der Waals surface area contributed by atoms with Gasteiger partial charge in [-0.3, -0.25) is 0 Å². The van der Waals surface area contributed by atoms with E-state index < -0.39 is 0 Å². The molecule has 0 saturated carbocycles. The molecule has 0 radical (unpaired) electrons. The van der Waals surface area contributed by atoms with Crippen molar-refractivity contribution in [2.45, 2.75) is 19.1 Å². The maximum Gasteiger partial charge on any atom is 0.213 e. The molecule has 1 fully saturated rings. The first-order valence-corrected chi connectivity index (χ1v) is 5.28. The van der Waals surface area contributed by atoms with Crippen molar-refractivity contribution in [2.24, 2.45) is 5.73 Å². The molecule has 0 bridgehead atoms. The summed E-state index contributed by atoms with van der Waals surface area (Å²) in [5, 5.41) is 0. The van der Waals surface area contributed by atoms with Crippen molar-refractivity contribution >= 4 is 0 Å². The lowest BCUT2D eigenvalue weighted by molar-refractivity contribution is 0.200. The fourth-order valence-corrected chi connectivity index (χ4v) is 1.76. The summed E-state index contributed by atoms with van der Waals surface area (Å²) in [4.78, 5) is 6.48. The zero-order valence-electron chi connectivity index (χ0n) is 9.02. The molecule has 2 rings (SSSR count). The van der Waals surface area contributed by atoms with Crippen LogP contribution < -0.4 is 10.5 Å². The maximum atomic E-state index is 5.75. The van der Waals surface area contributed by atoms with Crippen LogP contribution in [-0.4, -0.2) is 36.1 Å². The Hall–Kier alpha value is -1.13. The molecule has 4 nitrogen and oxygen atoms in total. The van der Waals surface area contributed by atoms with E-state index in [0.717, 1.165) is 25.1 Å². The lowest BCUT2D eigenvalue weighted by Gasteiger charge is -2.12. The third-order valence-electron chi connectivity index (χ3n) is 2.67. The number of pyridine rings is 1. The number of ether oxygens (including phenoxy) is 1. The minimum absolute atomic E-state index is 0.284. The van der Waals surface area contributed by atoms with Gasteiger partial charge < -0.3 is 15.4 Å². The van der Waals surface area contributed by atoms with Gasteiger partial charge in [-0.2, -0.15) is 0 Å². The fourth-order valence-electron chi connectivity index (χ4n) is 1.76. The summed E-state index contributed by atoms with van der Waals surface area (Å²) in [5.41, 5.74) is 6.53. The Morgan fingerprint density at radius 1 is 1.60 bits per heavy atom. The Balaban J connectivity index is 1.93. The average Bonchev–Trinajstić information content (AvgIpc) is 2.65. The Kier molecular flexibility index (Phi) is 3.18. The summed E-state index contributed by atoms with van der Waals surface area (Å²) < 4.78 is 5.75. The van der Waals surface area contributed by atoms with Gasteiger partial charge in [-0.15, -0.1) is 0 Å². The highest BCUT2D eigenvalue weighted by Crippen LogP contribution is 2.15. The van der Waals surface area contributed by atoms with Crippen LogP contribution in [0.2, 0.25) is 0 Å². The number of nitrogens with zero attached hydrogens (tertiary/aromatic N) is 2. The summed E-state index contributed by atoms with van der Waals surface area (Å²) in [6, 6.07) is 3.85. The molecule has 1 aromatic heterocycles. The van der Waals surface area contributed by atoms with Gasteiger partial charge in [0.05, 0.1) is 0 Å². The highest BCUT2D eigenvalue weighted by Gasteiger charge is 2.20. The molecule has 1 aromatic rings. The zero-order valence-corrected chi connectivity index (χ0v) is 9.02. The number of nitrogens with two attached hydrogens (primary N) is 1. The van der Waals surface area contributed by atoms with Gasteiger partial charge in [-0.05, 0) is 19.0 Å². The third kappa shape index (κ3) is 2.67. The second kappa shape index (κ2) is 4.59. The molecule has 1 atom stereocenters. The molecule has 2 heterocycles. The van der Waals surface area contributed by atoms with Gasteiger partial charge in [0.1, 0.15) is 6.10 Å². The minimum Gasteiger partial charge on any atom is -0.473 e. The highest BCUT2D eigenvalue weighted by atomic mass is 16.5. The van der Waals surface area contributed by atoms with Gasteiger partial charge in [0.15, 0.2) is 0 Å². The van der Waals surface area contributed by atoms with Crippen LogP contribution >= 0.6 is 0 Å². The summed E-state index contributed by atoms with van der Waals surface area (Å²) in [6.07, 6.45) is 3.14. The molecule has 82 valence electrons. The van der Waals surface area contributed by atoms with E-state index >= 15 is 0 Å². The molecule has 1 saturated heterocycles. The van der Waals surface area contributed by atoms with Crippen LogP contribution in [-0.2, 0) is 6.54 Å². The van der Waals surface area contributed by atoms with Crippen molar-refractivity contribution in [2.75, 3.05) is 20.1 Å². The summed E-state index contributed by atoms with van der Waals surface area (Å²) in [7, 11) is 2.11. The zero-order chi connectivity index (χ0) is 10.7. The number of rotatable bonds is 3. The summed E-state index contributed by atoms with van der Waals surface area (Å²) in [6.45, 7) is 2.62. The van der Waals surface area contributed by atoms with Crippen LogP contribution in [0.4, 0.5) is 0 Å². The Labute approximate surface area is 90.0 Å². The number of hydrogen-bond donors (Lipinski definition) is 1. The van der Waals surface area contributed by atoms with Gasteiger partial charge in [0, 0.05) is 31.9 Å². The number of aromatic nitrogens is 1. The molecular weight excluding hydrogens is 190 g/mol. The van der Waals surface area contributed by atoms with E-state index in [2.05, 4.69) is 16.9 Å². The monoisotopic (exact) mass is 207 g/mol. The molecule has 1 aliphatic heterocycles. The first-order chi connectivity index (χ1) is 7.28. The van der Waals surface area contributed by atoms with Gasteiger partial charge in [0.2, 0.25) is 5.88 Å². The van der Waals surface area contributed by atoms with Crippen LogP contribution in [0, 0.1) is 0 Å². The average molecular weight is 207 g/mol. The predicted molar refractivity (Wildman–Crippen MR) is 58.7 cm³/mol. The van der Waals surface area contributed by atoms with Crippen LogP contribution in [0.1, 0.15) is 12.0 Å². The first-order valence-electron chi connectivity index (χ1n) is 5.28. The largest absolute Gasteiger partial charge is 0.473 e. The summed E-state index contributed by atoms with van der Waals surface area (Å²) >= 11 is 0. The topological polar surface area (TPSA) is 51.4 Å². The van der Waals surface area contributed by atoms with E-state index in [9.17, 15) is 0 Å². The normalized spacial score (nSPS) is 21.9. The van der Waals surface area contributed by atoms with Crippen LogP contribution in [0.25, 0.3) is 0 Å². The second-order valence-corrected chi connectivity index (χ2v) is 4.00.